The number of carbonyl (C=O) groups excluding carboxylic acids is 1. The minimum atomic E-state index is -0.409. The van der Waals surface area contributed by atoms with Crippen molar-refractivity contribution in [1.82, 2.24) is 20.1 Å². The Bertz CT molecular complexity index is 782. The van der Waals surface area contributed by atoms with Crippen LogP contribution in [-0.4, -0.2) is 39.4 Å². The summed E-state index contributed by atoms with van der Waals surface area (Å²) in [6, 6.07) is 3.53. The number of thiophene rings is 1. The van der Waals surface area contributed by atoms with Crippen LogP contribution >= 0.6 is 23.6 Å². The second kappa shape index (κ2) is 6.42. The maximum Gasteiger partial charge on any atom is 0.242 e. The van der Waals surface area contributed by atoms with Crippen molar-refractivity contribution in [3.8, 4) is 10.7 Å². The highest BCUT2D eigenvalue weighted by atomic mass is 32.1. The number of hydrogen-bond donors (Lipinski definition) is 2. The van der Waals surface area contributed by atoms with Gasteiger partial charge in [0.25, 0.3) is 0 Å². The lowest BCUT2D eigenvalue weighted by Crippen LogP contribution is -2.37. The van der Waals surface area contributed by atoms with Gasteiger partial charge in [-0.2, -0.15) is 5.10 Å². The predicted molar refractivity (Wildman–Crippen MR) is 94.4 cm³/mol. The summed E-state index contributed by atoms with van der Waals surface area (Å²) >= 11 is 6.90. The van der Waals surface area contributed by atoms with Gasteiger partial charge in [0.05, 0.1) is 17.1 Å². The third-order valence-electron chi connectivity index (χ3n) is 4.98. The first-order chi connectivity index (χ1) is 11.6. The van der Waals surface area contributed by atoms with Crippen LogP contribution in [0.5, 0.6) is 0 Å². The first-order valence-electron chi connectivity index (χ1n) is 8.27. The molecular weight excluding hydrogens is 344 g/mol. The largest absolute Gasteiger partial charge is 0.375 e. The molecule has 2 saturated heterocycles. The third kappa shape index (κ3) is 2.82. The quantitative estimate of drug-likeness (QED) is 0.800. The number of fused-ring (bicyclic) bond motifs is 2. The van der Waals surface area contributed by atoms with Gasteiger partial charge in [-0.15, -0.1) is 11.3 Å². The Morgan fingerprint density at radius 3 is 3.17 bits per heavy atom. The number of carbonyl (C=O) groups is 1. The van der Waals surface area contributed by atoms with E-state index in [1.165, 1.54) is 6.42 Å². The molecule has 4 atom stereocenters. The minimum Gasteiger partial charge on any atom is -0.375 e. The summed E-state index contributed by atoms with van der Waals surface area (Å²) in [4.78, 5) is 13.6. The fourth-order valence-electron chi connectivity index (χ4n) is 3.70. The van der Waals surface area contributed by atoms with E-state index in [1.54, 1.807) is 15.9 Å². The lowest BCUT2D eigenvalue weighted by Gasteiger charge is -2.21. The molecule has 2 aromatic rings. The summed E-state index contributed by atoms with van der Waals surface area (Å²) < 4.78 is 8.10. The van der Waals surface area contributed by atoms with Gasteiger partial charge < -0.3 is 10.1 Å². The van der Waals surface area contributed by atoms with Gasteiger partial charge in [-0.3, -0.25) is 14.5 Å². The Kier molecular flexibility index (Phi) is 4.28. The summed E-state index contributed by atoms with van der Waals surface area (Å²) in [7, 11) is 0. The first-order valence-corrected chi connectivity index (χ1v) is 9.56. The number of nitrogens with zero attached hydrogens (tertiary/aromatic N) is 2. The predicted octanol–water partition coefficient (Wildman–Crippen LogP) is 2.91. The molecule has 0 spiro atoms. The standard InChI is InChI=1S/C16H20N4O2S2/c1-9(15(21)17-8-10-7-11-4-5-12(10)22-11)20-14(18-19-16(20)23)13-3-2-6-24-13/h2-3,6,9-12H,4-5,7-8H2,1H3,(H,17,21)(H,19,23). The highest BCUT2D eigenvalue weighted by Gasteiger charge is 2.40. The highest BCUT2D eigenvalue weighted by Crippen LogP contribution is 2.38. The van der Waals surface area contributed by atoms with E-state index in [1.807, 2.05) is 24.4 Å². The van der Waals surface area contributed by atoms with Crippen LogP contribution in [0.1, 0.15) is 32.2 Å². The average Bonchev–Trinajstić information content (AvgIpc) is 3.34. The van der Waals surface area contributed by atoms with Gasteiger partial charge in [-0.1, -0.05) is 6.07 Å². The Hall–Kier alpha value is -1.51. The van der Waals surface area contributed by atoms with Crippen LogP contribution in [0, 0.1) is 10.7 Å². The molecule has 0 radical (unpaired) electrons. The van der Waals surface area contributed by atoms with Gasteiger partial charge in [0.2, 0.25) is 5.91 Å². The van der Waals surface area contributed by atoms with Crippen LogP contribution in [0.25, 0.3) is 10.7 Å². The summed E-state index contributed by atoms with van der Waals surface area (Å²) in [5.41, 5.74) is 0. The van der Waals surface area contributed by atoms with E-state index < -0.39 is 6.04 Å². The highest BCUT2D eigenvalue weighted by molar-refractivity contribution is 7.71. The molecular formula is C16H20N4O2S2. The van der Waals surface area contributed by atoms with Gasteiger partial charge in [0.1, 0.15) is 6.04 Å². The lowest BCUT2D eigenvalue weighted by molar-refractivity contribution is -0.124. The first kappa shape index (κ1) is 16.0. The monoisotopic (exact) mass is 364 g/mol. The zero-order chi connectivity index (χ0) is 16.7. The van der Waals surface area contributed by atoms with Crippen LogP contribution in [0.2, 0.25) is 0 Å². The summed E-state index contributed by atoms with van der Waals surface area (Å²) in [6.07, 6.45) is 4.08. The van der Waals surface area contributed by atoms with Crippen molar-refractivity contribution in [3.63, 3.8) is 0 Å². The fraction of sp³-hybridized carbons (Fsp3) is 0.562. The van der Waals surface area contributed by atoms with Crippen molar-refractivity contribution in [3.05, 3.63) is 22.3 Å². The molecule has 4 rings (SSSR count). The maximum atomic E-state index is 12.6. The number of aromatic nitrogens is 3. The minimum absolute atomic E-state index is 0.0342. The lowest BCUT2D eigenvalue weighted by atomic mass is 9.89. The number of nitrogens with one attached hydrogen (secondary N) is 2. The Balaban J connectivity index is 1.45. The van der Waals surface area contributed by atoms with Crippen LogP contribution in [0.3, 0.4) is 0 Å². The van der Waals surface area contributed by atoms with E-state index in [4.69, 9.17) is 17.0 Å². The number of hydrogen-bond acceptors (Lipinski definition) is 5. The zero-order valence-electron chi connectivity index (χ0n) is 13.4. The molecule has 24 heavy (non-hydrogen) atoms. The Morgan fingerprint density at radius 2 is 2.50 bits per heavy atom. The van der Waals surface area contributed by atoms with E-state index in [0.29, 0.717) is 35.3 Å². The Morgan fingerprint density at radius 1 is 1.62 bits per heavy atom. The smallest absolute Gasteiger partial charge is 0.242 e. The van der Waals surface area contributed by atoms with Gasteiger partial charge in [0, 0.05) is 12.5 Å². The number of amides is 1. The molecule has 2 N–H and O–H groups in total. The van der Waals surface area contributed by atoms with Crippen molar-refractivity contribution >= 4 is 29.5 Å². The molecule has 0 aromatic carbocycles. The van der Waals surface area contributed by atoms with Crippen molar-refractivity contribution in [2.45, 2.75) is 44.4 Å². The molecule has 0 aliphatic carbocycles. The molecule has 2 aliphatic rings. The van der Waals surface area contributed by atoms with Gasteiger partial charge in [-0.05, 0) is 49.9 Å². The molecule has 2 bridgehead atoms. The van der Waals surface area contributed by atoms with E-state index in [9.17, 15) is 4.79 Å². The molecule has 2 fully saturated rings. The summed E-state index contributed by atoms with van der Waals surface area (Å²) in [5.74, 6) is 1.11. The molecule has 2 aromatic heterocycles. The Labute approximate surface area is 149 Å². The normalized spacial score (nSPS) is 26.6. The van der Waals surface area contributed by atoms with Crippen LogP contribution in [0.15, 0.2) is 17.5 Å². The molecule has 8 heteroatoms. The molecule has 2 aliphatic heterocycles. The fourth-order valence-corrected chi connectivity index (χ4v) is 4.70. The summed E-state index contributed by atoms with van der Waals surface area (Å²) in [6.45, 7) is 2.53. The molecule has 4 unspecified atom stereocenters. The van der Waals surface area contributed by atoms with Crippen molar-refractivity contribution in [2.75, 3.05) is 6.54 Å². The number of ether oxygens (including phenoxy) is 1. The van der Waals surface area contributed by atoms with E-state index in [-0.39, 0.29) is 5.91 Å². The number of H-pyrrole nitrogens is 1. The number of aromatic amines is 1. The second-order valence-corrected chi connectivity index (χ2v) is 7.82. The molecule has 6 nitrogen and oxygen atoms in total. The van der Waals surface area contributed by atoms with Crippen LogP contribution in [-0.2, 0) is 9.53 Å². The van der Waals surface area contributed by atoms with Crippen molar-refractivity contribution in [2.24, 2.45) is 5.92 Å². The van der Waals surface area contributed by atoms with Crippen molar-refractivity contribution in [1.29, 1.82) is 0 Å². The average molecular weight is 364 g/mol. The molecule has 4 heterocycles. The van der Waals surface area contributed by atoms with Crippen LogP contribution in [0.4, 0.5) is 0 Å². The SMILES string of the molecule is CC(C(=O)NCC1CC2CCC1O2)n1c(-c2cccs2)n[nH]c1=S. The van der Waals surface area contributed by atoms with E-state index in [0.717, 1.165) is 17.7 Å². The van der Waals surface area contributed by atoms with Crippen LogP contribution < -0.4 is 5.32 Å². The molecule has 1 amide bonds. The zero-order valence-corrected chi connectivity index (χ0v) is 15.0. The van der Waals surface area contributed by atoms with Crippen molar-refractivity contribution < 1.29 is 9.53 Å². The van der Waals surface area contributed by atoms with E-state index in [2.05, 4.69) is 15.5 Å². The molecule has 128 valence electrons. The van der Waals surface area contributed by atoms with Gasteiger partial charge in [-0.25, -0.2) is 0 Å². The van der Waals surface area contributed by atoms with Gasteiger partial charge in [0.15, 0.2) is 10.6 Å². The summed E-state index contributed by atoms with van der Waals surface area (Å²) in [5, 5.41) is 12.1. The third-order valence-corrected chi connectivity index (χ3v) is 6.14. The van der Waals surface area contributed by atoms with Gasteiger partial charge >= 0.3 is 0 Å². The van der Waals surface area contributed by atoms with E-state index >= 15 is 0 Å². The topological polar surface area (TPSA) is 71.9 Å². The second-order valence-electron chi connectivity index (χ2n) is 6.49. The maximum absolute atomic E-state index is 12.6. The molecule has 0 saturated carbocycles. The number of rotatable bonds is 5.